The lowest BCUT2D eigenvalue weighted by molar-refractivity contribution is -0.113. The molecule has 0 spiro atoms. The van der Waals surface area contributed by atoms with Crippen molar-refractivity contribution >= 4 is 40.0 Å². The van der Waals surface area contributed by atoms with Crippen LogP contribution in [0, 0.1) is 0 Å². The number of thiophene rings is 1. The number of rotatable bonds is 11. The van der Waals surface area contributed by atoms with Gasteiger partial charge < -0.3 is 19.4 Å². The van der Waals surface area contributed by atoms with E-state index in [0.29, 0.717) is 40.6 Å². The number of carbonyl (C=O) groups is 2. The minimum atomic E-state index is -0.363. The third-order valence-electron chi connectivity index (χ3n) is 6.52. The predicted octanol–water partition coefficient (Wildman–Crippen LogP) is 6.41. The van der Waals surface area contributed by atoms with Gasteiger partial charge in [-0.3, -0.25) is 4.79 Å². The van der Waals surface area contributed by atoms with Crippen LogP contribution in [0.1, 0.15) is 91.7 Å². The number of aryl methyl sites for hydroxylation is 1. The molecule has 0 saturated carbocycles. The van der Waals surface area contributed by atoms with Crippen molar-refractivity contribution in [3.63, 3.8) is 0 Å². The number of anilines is 1. The lowest BCUT2D eigenvalue weighted by Gasteiger charge is -2.16. The van der Waals surface area contributed by atoms with Crippen molar-refractivity contribution in [3.05, 3.63) is 51.7 Å². The molecule has 0 radical (unpaired) electrons. The van der Waals surface area contributed by atoms with Crippen LogP contribution >= 0.6 is 23.1 Å². The molecule has 0 saturated heterocycles. The fraction of sp³-hybridized carbons (Fsp3) is 0.500. The van der Waals surface area contributed by atoms with Gasteiger partial charge in [-0.1, -0.05) is 37.7 Å². The maximum absolute atomic E-state index is 12.9. The molecule has 1 amide bonds. The van der Waals surface area contributed by atoms with Gasteiger partial charge in [-0.25, -0.2) is 4.79 Å². The van der Waals surface area contributed by atoms with Crippen molar-refractivity contribution in [1.82, 2.24) is 14.8 Å². The molecule has 8 nitrogen and oxygen atoms in total. The second-order valence-corrected chi connectivity index (χ2v) is 11.6. The fourth-order valence-electron chi connectivity index (χ4n) is 4.56. The Balaban J connectivity index is 1.41. The number of amides is 1. The number of thioether (sulfide) groups is 1. The molecule has 2 heterocycles. The van der Waals surface area contributed by atoms with E-state index in [-0.39, 0.29) is 23.7 Å². The van der Waals surface area contributed by atoms with Crippen molar-refractivity contribution in [2.45, 2.75) is 84.0 Å². The van der Waals surface area contributed by atoms with Crippen LogP contribution in [0.5, 0.6) is 5.75 Å². The molecule has 1 atom stereocenters. The predicted molar refractivity (Wildman–Crippen MR) is 152 cm³/mol. The van der Waals surface area contributed by atoms with Crippen molar-refractivity contribution in [3.8, 4) is 5.75 Å². The zero-order valence-corrected chi connectivity index (χ0v) is 24.3. The van der Waals surface area contributed by atoms with Crippen LogP contribution in [0.2, 0.25) is 0 Å². The molecule has 1 aliphatic rings. The first-order valence-corrected chi connectivity index (χ1v) is 15.1. The second-order valence-electron chi connectivity index (χ2n) is 9.54. The Labute approximate surface area is 232 Å². The molecule has 38 heavy (non-hydrogen) atoms. The van der Waals surface area contributed by atoms with Crippen LogP contribution in [0.25, 0.3) is 0 Å². The molecule has 1 unspecified atom stereocenters. The molecule has 1 aromatic carbocycles. The molecule has 3 aromatic rings. The molecule has 4 rings (SSSR count). The number of nitrogens with one attached hydrogen (secondary N) is 1. The van der Waals surface area contributed by atoms with Crippen LogP contribution in [0.4, 0.5) is 5.00 Å². The number of ether oxygens (including phenoxy) is 2. The lowest BCUT2D eigenvalue weighted by atomic mass is 9.95. The Morgan fingerprint density at radius 2 is 1.84 bits per heavy atom. The molecule has 204 valence electrons. The Morgan fingerprint density at radius 1 is 1.11 bits per heavy atom. The van der Waals surface area contributed by atoms with Gasteiger partial charge in [0, 0.05) is 11.4 Å². The molecular weight excluding hydrogens is 520 g/mol. The molecule has 1 aliphatic carbocycles. The number of benzene rings is 1. The van der Waals surface area contributed by atoms with E-state index in [0.717, 1.165) is 37.0 Å². The third-order valence-corrected chi connectivity index (χ3v) is 8.70. The highest BCUT2D eigenvalue weighted by atomic mass is 32.2. The fourth-order valence-corrected chi connectivity index (χ4v) is 6.66. The van der Waals surface area contributed by atoms with Gasteiger partial charge in [0.2, 0.25) is 5.91 Å². The summed E-state index contributed by atoms with van der Waals surface area (Å²) in [7, 11) is 0. The largest absolute Gasteiger partial charge is 0.483 e. The van der Waals surface area contributed by atoms with E-state index in [1.165, 1.54) is 33.5 Å². The summed E-state index contributed by atoms with van der Waals surface area (Å²) < 4.78 is 13.4. The summed E-state index contributed by atoms with van der Waals surface area (Å²) in [5, 5.41) is 12.9. The Hall–Kier alpha value is -2.85. The summed E-state index contributed by atoms with van der Waals surface area (Å²) >= 11 is 2.81. The Kier molecular flexibility index (Phi) is 9.49. The summed E-state index contributed by atoms with van der Waals surface area (Å²) in [6.07, 6.45) is 3.61. The normalized spacial score (nSPS) is 13.7. The van der Waals surface area contributed by atoms with Crippen molar-refractivity contribution in [2.75, 3.05) is 17.7 Å². The minimum absolute atomic E-state index is 0.148. The maximum atomic E-state index is 12.9. The molecule has 10 heteroatoms. The SMILES string of the molecule is CCOC(=O)c1c(NC(=O)CSc2nnc(C(C)Oc3ccc(C(C)C)cc3)n2CC)sc2c1CCCC2. The summed E-state index contributed by atoms with van der Waals surface area (Å²) in [4.78, 5) is 26.8. The monoisotopic (exact) mass is 556 g/mol. The van der Waals surface area contributed by atoms with E-state index in [4.69, 9.17) is 9.47 Å². The third kappa shape index (κ3) is 6.40. The lowest BCUT2D eigenvalue weighted by Crippen LogP contribution is -2.17. The van der Waals surface area contributed by atoms with Gasteiger partial charge in [-0.15, -0.1) is 21.5 Å². The van der Waals surface area contributed by atoms with Gasteiger partial charge >= 0.3 is 5.97 Å². The maximum Gasteiger partial charge on any atom is 0.341 e. The number of carbonyl (C=O) groups excluding carboxylic acids is 2. The van der Waals surface area contributed by atoms with Gasteiger partial charge in [0.25, 0.3) is 0 Å². The van der Waals surface area contributed by atoms with Gasteiger partial charge in [0.05, 0.1) is 17.9 Å². The average Bonchev–Trinajstić information content (AvgIpc) is 3.48. The minimum Gasteiger partial charge on any atom is -0.483 e. The van der Waals surface area contributed by atoms with Gasteiger partial charge in [0.15, 0.2) is 17.1 Å². The summed E-state index contributed by atoms with van der Waals surface area (Å²) in [6, 6.07) is 8.11. The molecule has 1 N–H and O–H groups in total. The van der Waals surface area contributed by atoms with Crippen molar-refractivity contribution in [1.29, 1.82) is 0 Å². The first-order valence-electron chi connectivity index (χ1n) is 13.3. The standard InChI is InChI=1S/C28H36N4O4S2/c1-6-32-25(18(5)36-20-14-12-19(13-15-20)17(3)4)30-31-28(32)37-16-23(33)29-26-24(27(34)35-7-2)21-10-8-9-11-22(21)38-26/h12-15,17-18H,6-11,16H2,1-5H3,(H,29,33). The average molecular weight is 557 g/mol. The zero-order valence-electron chi connectivity index (χ0n) is 22.7. The van der Waals surface area contributed by atoms with E-state index < -0.39 is 0 Å². The van der Waals surface area contributed by atoms with Gasteiger partial charge in [0.1, 0.15) is 10.8 Å². The molecule has 0 fully saturated rings. The van der Waals surface area contributed by atoms with Crippen molar-refractivity contribution in [2.24, 2.45) is 0 Å². The van der Waals surface area contributed by atoms with E-state index in [9.17, 15) is 9.59 Å². The number of aromatic nitrogens is 3. The molecule has 0 aliphatic heterocycles. The van der Waals surface area contributed by atoms with Crippen LogP contribution in [0.15, 0.2) is 29.4 Å². The molecular formula is C28H36N4O4S2. The van der Waals surface area contributed by atoms with Crippen LogP contribution in [-0.2, 0) is 28.9 Å². The van der Waals surface area contributed by atoms with Crippen LogP contribution in [-0.4, -0.2) is 39.0 Å². The first kappa shape index (κ1) is 28.2. The van der Waals surface area contributed by atoms with E-state index in [1.54, 1.807) is 6.92 Å². The first-order chi connectivity index (χ1) is 18.3. The highest BCUT2D eigenvalue weighted by Gasteiger charge is 2.27. The zero-order chi connectivity index (χ0) is 27.2. The smallest absolute Gasteiger partial charge is 0.341 e. The van der Waals surface area contributed by atoms with Crippen LogP contribution < -0.4 is 10.1 Å². The summed E-state index contributed by atoms with van der Waals surface area (Å²) in [6.45, 7) is 11.0. The number of esters is 1. The Bertz CT molecular complexity index is 1270. The number of hydrogen-bond donors (Lipinski definition) is 1. The topological polar surface area (TPSA) is 95.3 Å². The summed E-state index contributed by atoms with van der Waals surface area (Å²) in [5.41, 5.74) is 2.82. The van der Waals surface area contributed by atoms with E-state index in [1.807, 2.05) is 30.5 Å². The van der Waals surface area contributed by atoms with Gasteiger partial charge in [-0.2, -0.15) is 0 Å². The highest BCUT2D eigenvalue weighted by Crippen LogP contribution is 2.39. The van der Waals surface area contributed by atoms with Crippen molar-refractivity contribution < 1.29 is 19.1 Å². The van der Waals surface area contributed by atoms with Crippen LogP contribution in [0.3, 0.4) is 0 Å². The number of nitrogens with zero attached hydrogens (tertiary/aromatic N) is 3. The molecule has 2 aromatic heterocycles. The van der Waals surface area contributed by atoms with Gasteiger partial charge in [-0.05, 0) is 75.6 Å². The number of hydrogen-bond acceptors (Lipinski definition) is 8. The van der Waals surface area contributed by atoms with E-state index >= 15 is 0 Å². The second kappa shape index (κ2) is 12.8. The van der Waals surface area contributed by atoms with E-state index in [2.05, 4.69) is 41.5 Å². The quantitative estimate of drug-likeness (QED) is 0.215. The Morgan fingerprint density at radius 3 is 2.53 bits per heavy atom. The molecule has 0 bridgehead atoms. The highest BCUT2D eigenvalue weighted by molar-refractivity contribution is 7.99. The summed E-state index contributed by atoms with van der Waals surface area (Å²) in [5.74, 6) is 1.54. The number of fused-ring (bicyclic) bond motifs is 1.